The molecule has 1 heterocycles. The van der Waals surface area contributed by atoms with E-state index in [9.17, 15) is 22.4 Å². The molecule has 0 saturated heterocycles. The summed E-state index contributed by atoms with van der Waals surface area (Å²) in [6.45, 7) is 7.95. The zero-order valence-corrected chi connectivity index (χ0v) is 25.5. The molecule has 0 aliphatic carbocycles. The van der Waals surface area contributed by atoms with Crippen molar-refractivity contribution in [3.8, 4) is 5.69 Å². The molecule has 1 amide bonds. The van der Waals surface area contributed by atoms with Gasteiger partial charge in [-0.1, -0.05) is 74.3 Å². The standard InChI is InChI=1S/C31H32ClFN4O4S/c1-19-9-11-20(12-10-19)29(38)28(21-13-14-26(25(33)15-21)36-42(5,40)41)30(39)34-18-24-17-27(31(2,3)4)35-37(24)23-8-6-7-22(32)16-23/h6-17,28,36H,18H2,1-5H3,(H,34,39). The molecule has 0 bridgehead atoms. The average Bonchev–Trinajstić information content (AvgIpc) is 3.34. The largest absolute Gasteiger partial charge is 0.350 e. The van der Waals surface area contributed by atoms with Gasteiger partial charge in [0.2, 0.25) is 15.9 Å². The van der Waals surface area contributed by atoms with Gasteiger partial charge in [0.25, 0.3) is 0 Å². The van der Waals surface area contributed by atoms with Crippen LogP contribution in [0.3, 0.4) is 0 Å². The number of ketones is 1. The maximum absolute atomic E-state index is 15.0. The first-order valence-electron chi connectivity index (χ1n) is 13.1. The van der Waals surface area contributed by atoms with E-state index in [1.807, 2.05) is 39.8 Å². The van der Waals surface area contributed by atoms with Crippen LogP contribution in [-0.2, 0) is 26.8 Å². The second-order valence-corrected chi connectivity index (χ2v) is 13.3. The van der Waals surface area contributed by atoms with Crippen LogP contribution in [-0.4, -0.2) is 36.1 Å². The molecule has 0 aliphatic rings. The third kappa shape index (κ3) is 7.43. The normalized spacial score (nSPS) is 12.5. The molecule has 1 aromatic heterocycles. The molecule has 11 heteroatoms. The monoisotopic (exact) mass is 610 g/mol. The highest BCUT2D eigenvalue weighted by atomic mass is 35.5. The molecule has 0 fully saturated rings. The second-order valence-electron chi connectivity index (χ2n) is 11.2. The van der Waals surface area contributed by atoms with Crippen LogP contribution >= 0.6 is 11.6 Å². The summed E-state index contributed by atoms with van der Waals surface area (Å²) in [6.07, 6.45) is 0.899. The van der Waals surface area contributed by atoms with E-state index < -0.39 is 33.4 Å². The third-order valence-electron chi connectivity index (χ3n) is 6.53. The number of aryl methyl sites for hydroxylation is 1. The summed E-state index contributed by atoms with van der Waals surface area (Å²) in [5.74, 6) is -3.50. The molecular weight excluding hydrogens is 579 g/mol. The first kappa shape index (κ1) is 30.9. The maximum atomic E-state index is 15.0. The number of carbonyl (C=O) groups is 2. The van der Waals surface area contributed by atoms with Crippen molar-refractivity contribution in [2.75, 3.05) is 11.0 Å². The van der Waals surface area contributed by atoms with Gasteiger partial charge in [0.1, 0.15) is 11.7 Å². The van der Waals surface area contributed by atoms with Crippen LogP contribution in [0.5, 0.6) is 0 Å². The SMILES string of the molecule is Cc1ccc(C(=O)C(C(=O)NCc2cc(C(C)(C)C)nn2-c2cccc(Cl)c2)c2ccc(NS(C)(=O)=O)c(F)c2)cc1. The number of anilines is 1. The molecule has 8 nitrogen and oxygen atoms in total. The number of nitrogens with zero attached hydrogens (tertiary/aromatic N) is 2. The molecule has 1 atom stereocenters. The molecule has 2 N–H and O–H groups in total. The van der Waals surface area contributed by atoms with Crippen LogP contribution in [0.1, 0.15) is 59.6 Å². The van der Waals surface area contributed by atoms with Crippen LogP contribution in [0.15, 0.2) is 72.8 Å². The summed E-state index contributed by atoms with van der Waals surface area (Å²) in [7, 11) is -3.74. The Morgan fingerprint density at radius 2 is 1.71 bits per heavy atom. The fourth-order valence-corrected chi connectivity index (χ4v) is 5.07. The molecular formula is C31H32ClFN4O4S. The number of nitrogens with one attached hydrogen (secondary N) is 2. The van der Waals surface area contributed by atoms with Crippen molar-refractivity contribution in [1.82, 2.24) is 15.1 Å². The Morgan fingerprint density at radius 1 is 1.02 bits per heavy atom. The van der Waals surface area contributed by atoms with E-state index in [0.29, 0.717) is 16.4 Å². The first-order chi connectivity index (χ1) is 19.6. The van der Waals surface area contributed by atoms with Crippen molar-refractivity contribution >= 4 is 39.0 Å². The molecule has 4 rings (SSSR count). The fraction of sp³-hybridized carbons (Fsp3) is 0.258. The lowest BCUT2D eigenvalue weighted by Crippen LogP contribution is -2.34. The molecule has 0 radical (unpaired) electrons. The molecule has 1 unspecified atom stereocenters. The van der Waals surface area contributed by atoms with E-state index in [1.165, 1.54) is 12.1 Å². The average molecular weight is 611 g/mol. The lowest BCUT2D eigenvalue weighted by atomic mass is 9.89. The van der Waals surface area contributed by atoms with Crippen LogP contribution in [0.2, 0.25) is 5.02 Å². The topological polar surface area (TPSA) is 110 Å². The van der Waals surface area contributed by atoms with Crippen molar-refractivity contribution < 1.29 is 22.4 Å². The Hall–Kier alpha value is -4.02. The Labute approximate surface area is 250 Å². The number of rotatable bonds is 9. The smallest absolute Gasteiger partial charge is 0.235 e. The zero-order valence-electron chi connectivity index (χ0n) is 23.9. The predicted octanol–water partition coefficient (Wildman–Crippen LogP) is 5.93. The Kier molecular flexibility index (Phi) is 8.89. The summed E-state index contributed by atoms with van der Waals surface area (Å²) >= 11 is 6.23. The van der Waals surface area contributed by atoms with E-state index in [0.717, 1.165) is 23.6 Å². The minimum Gasteiger partial charge on any atom is -0.350 e. The van der Waals surface area contributed by atoms with Crippen molar-refractivity contribution in [3.63, 3.8) is 0 Å². The molecule has 4 aromatic rings. The van der Waals surface area contributed by atoms with Gasteiger partial charge in [-0.3, -0.25) is 14.3 Å². The first-order valence-corrected chi connectivity index (χ1v) is 15.4. The van der Waals surface area contributed by atoms with Gasteiger partial charge in [0.05, 0.1) is 35.6 Å². The maximum Gasteiger partial charge on any atom is 0.235 e. The molecule has 42 heavy (non-hydrogen) atoms. The number of carbonyl (C=O) groups excluding carboxylic acids is 2. The molecule has 0 aliphatic heterocycles. The number of aromatic nitrogens is 2. The number of sulfonamides is 1. The van der Waals surface area contributed by atoms with Gasteiger partial charge >= 0.3 is 0 Å². The van der Waals surface area contributed by atoms with Crippen LogP contribution < -0.4 is 10.0 Å². The van der Waals surface area contributed by atoms with Crippen molar-refractivity contribution in [2.45, 2.75) is 45.6 Å². The van der Waals surface area contributed by atoms with E-state index >= 15 is 0 Å². The van der Waals surface area contributed by atoms with Gasteiger partial charge in [-0.2, -0.15) is 5.10 Å². The summed E-state index contributed by atoms with van der Waals surface area (Å²) in [5, 5.41) is 8.11. The molecule has 0 spiro atoms. The quantitative estimate of drug-likeness (QED) is 0.180. The minimum absolute atomic E-state index is 0.0162. The Balaban J connectivity index is 1.70. The number of amides is 1. The van der Waals surface area contributed by atoms with Gasteiger partial charge < -0.3 is 5.32 Å². The lowest BCUT2D eigenvalue weighted by molar-refractivity contribution is -0.121. The fourth-order valence-electron chi connectivity index (χ4n) is 4.32. The van der Waals surface area contributed by atoms with Gasteiger partial charge in [-0.15, -0.1) is 0 Å². The van der Waals surface area contributed by atoms with Crippen molar-refractivity contribution in [2.24, 2.45) is 0 Å². The van der Waals surface area contributed by atoms with E-state index in [4.69, 9.17) is 16.7 Å². The van der Waals surface area contributed by atoms with Gasteiger partial charge in [0.15, 0.2) is 5.78 Å². The minimum atomic E-state index is -3.74. The predicted molar refractivity (Wildman–Crippen MR) is 162 cm³/mol. The van der Waals surface area contributed by atoms with Crippen molar-refractivity contribution in [1.29, 1.82) is 0 Å². The van der Waals surface area contributed by atoms with Crippen molar-refractivity contribution in [3.05, 3.63) is 112 Å². The van der Waals surface area contributed by atoms with E-state index in [-0.39, 0.29) is 28.8 Å². The van der Waals surface area contributed by atoms with E-state index in [2.05, 4.69) is 10.0 Å². The zero-order chi connectivity index (χ0) is 30.8. The summed E-state index contributed by atoms with van der Waals surface area (Å²) in [6, 6.07) is 19.3. The number of hydrogen-bond acceptors (Lipinski definition) is 5. The van der Waals surface area contributed by atoms with Crippen LogP contribution in [0, 0.1) is 12.7 Å². The molecule has 3 aromatic carbocycles. The van der Waals surface area contributed by atoms with Crippen LogP contribution in [0.4, 0.5) is 10.1 Å². The van der Waals surface area contributed by atoms with Crippen LogP contribution in [0.25, 0.3) is 5.69 Å². The number of hydrogen-bond donors (Lipinski definition) is 2. The van der Waals surface area contributed by atoms with Gasteiger partial charge in [-0.25, -0.2) is 17.5 Å². The lowest BCUT2D eigenvalue weighted by Gasteiger charge is -2.18. The molecule has 220 valence electrons. The summed E-state index contributed by atoms with van der Waals surface area (Å²) in [5.41, 5.74) is 2.84. The molecule has 0 saturated carbocycles. The number of benzene rings is 3. The Bertz CT molecular complexity index is 1750. The highest BCUT2D eigenvalue weighted by Crippen LogP contribution is 2.28. The second kappa shape index (κ2) is 12.1. The number of Topliss-reactive ketones (excluding diaryl/α,β-unsaturated/α-hetero) is 1. The number of halogens is 2. The highest BCUT2D eigenvalue weighted by molar-refractivity contribution is 7.92. The summed E-state index contributed by atoms with van der Waals surface area (Å²) in [4.78, 5) is 27.4. The van der Waals surface area contributed by atoms with Gasteiger partial charge in [-0.05, 0) is 48.9 Å². The van der Waals surface area contributed by atoms with E-state index in [1.54, 1.807) is 47.1 Å². The third-order valence-corrected chi connectivity index (χ3v) is 7.36. The van der Waals surface area contributed by atoms with Gasteiger partial charge in [0, 0.05) is 16.0 Å². The summed E-state index contributed by atoms with van der Waals surface area (Å²) < 4.78 is 42.0. The Morgan fingerprint density at radius 3 is 2.31 bits per heavy atom. The highest BCUT2D eigenvalue weighted by Gasteiger charge is 2.31.